The zero-order valence-electron chi connectivity index (χ0n) is 13.3. The number of methoxy groups -OCH3 is 1. The van der Waals surface area contributed by atoms with Crippen molar-refractivity contribution in [1.82, 2.24) is 10.9 Å². The molecule has 1 aromatic rings. The van der Waals surface area contributed by atoms with E-state index in [0.717, 1.165) is 22.4 Å². The van der Waals surface area contributed by atoms with Crippen molar-refractivity contribution >= 4 is 5.97 Å². The highest BCUT2D eigenvalue weighted by molar-refractivity contribution is 5.76. The average molecular weight is 292 g/mol. The second-order valence-electron chi connectivity index (χ2n) is 5.80. The molecule has 21 heavy (non-hydrogen) atoms. The molecule has 0 radical (unpaired) electrons. The number of hydrogen-bond donors (Lipinski definition) is 2. The van der Waals surface area contributed by atoms with E-state index < -0.39 is 0 Å². The van der Waals surface area contributed by atoms with Crippen LogP contribution in [0.25, 0.3) is 0 Å². The summed E-state index contributed by atoms with van der Waals surface area (Å²) in [5.74, 6) is 0.711. The number of nitrogens with one attached hydrogen (secondary N) is 2. The van der Waals surface area contributed by atoms with Crippen LogP contribution >= 0.6 is 0 Å². The number of carbonyl (C=O) groups is 1. The molecule has 1 aliphatic rings. The molecule has 2 N–H and O–H groups in total. The van der Waals surface area contributed by atoms with Gasteiger partial charge in [0.1, 0.15) is 11.8 Å². The van der Waals surface area contributed by atoms with Gasteiger partial charge in [0.2, 0.25) is 0 Å². The molecule has 1 aliphatic heterocycles. The Balaban J connectivity index is 2.17. The van der Waals surface area contributed by atoms with Crippen molar-refractivity contribution in [2.24, 2.45) is 0 Å². The largest absolute Gasteiger partial charge is 0.490 e. The highest BCUT2D eigenvalue weighted by atomic mass is 16.5. The summed E-state index contributed by atoms with van der Waals surface area (Å²) in [6, 6.07) is 4.03. The van der Waals surface area contributed by atoms with Crippen molar-refractivity contribution in [3.05, 3.63) is 28.8 Å². The topological polar surface area (TPSA) is 59.6 Å². The lowest BCUT2D eigenvalue weighted by molar-refractivity contribution is -0.142. The lowest BCUT2D eigenvalue weighted by atomic mass is 9.97. The van der Waals surface area contributed by atoms with Crippen molar-refractivity contribution in [3.63, 3.8) is 0 Å². The molecule has 2 rings (SSSR count). The zero-order chi connectivity index (χ0) is 15.6. The average Bonchev–Trinajstić information content (AvgIpc) is 2.91. The molecule has 1 fully saturated rings. The minimum atomic E-state index is -0.299. The summed E-state index contributed by atoms with van der Waals surface area (Å²) in [7, 11) is 1.41. The first-order valence-electron chi connectivity index (χ1n) is 7.29. The maximum atomic E-state index is 11.6. The Morgan fingerprint density at radius 2 is 1.86 bits per heavy atom. The standard InChI is InChI=1S/C16H24N2O3/c1-9(2)21-15-10(3)6-12(7-11(15)4)13-8-14(18-17-13)16(19)20-5/h6-7,9,13-14,17-18H,8H2,1-5H3. The molecule has 5 nitrogen and oxygen atoms in total. The smallest absolute Gasteiger partial charge is 0.324 e. The van der Waals surface area contributed by atoms with Crippen LogP contribution < -0.4 is 15.6 Å². The third-order valence-electron chi connectivity index (χ3n) is 3.63. The summed E-state index contributed by atoms with van der Waals surface area (Å²) in [5.41, 5.74) is 9.53. The number of carbonyl (C=O) groups excluding carboxylic acids is 1. The van der Waals surface area contributed by atoms with Gasteiger partial charge >= 0.3 is 5.97 Å². The normalized spacial score (nSPS) is 21.6. The predicted molar refractivity (Wildman–Crippen MR) is 81.1 cm³/mol. The van der Waals surface area contributed by atoms with Gasteiger partial charge in [-0.3, -0.25) is 4.79 Å². The molecule has 116 valence electrons. The van der Waals surface area contributed by atoms with Gasteiger partial charge in [-0.15, -0.1) is 0 Å². The summed E-state index contributed by atoms with van der Waals surface area (Å²) in [4.78, 5) is 11.6. The zero-order valence-corrected chi connectivity index (χ0v) is 13.3. The van der Waals surface area contributed by atoms with Gasteiger partial charge < -0.3 is 9.47 Å². The van der Waals surface area contributed by atoms with Crippen LogP contribution in [0.4, 0.5) is 0 Å². The van der Waals surface area contributed by atoms with E-state index in [4.69, 9.17) is 9.47 Å². The fourth-order valence-electron chi connectivity index (χ4n) is 2.68. The van der Waals surface area contributed by atoms with E-state index in [9.17, 15) is 4.79 Å². The second kappa shape index (κ2) is 6.45. The SMILES string of the molecule is COC(=O)C1CC(c2cc(C)c(OC(C)C)c(C)c2)NN1. The van der Waals surface area contributed by atoms with E-state index >= 15 is 0 Å². The molecular formula is C16H24N2O3. The van der Waals surface area contributed by atoms with Crippen LogP contribution in [0.2, 0.25) is 0 Å². The molecule has 0 bridgehead atoms. The Hall–Kier alpha value is -1.59. The molecule has 0 aromatic heterocycles. The molecule has 0 aliphatic carbocycles. The number of hydrazine groups is 1. The maximum absolute atomic E-state index is 11.6. The van der Waals surface area contributed by atoms with Crippen LogP contribution in [0.1, 0.15) is 43.0 Å². The summed E-state index contributed by atoms with van der Waals surface area (Å²) in [5, 5.41) is 0. The minimum absolute atomic E-state index is 0.0969. The fourth-order valence-corrected chi connectivity index (χ4v) is 2.68. The van der Waals surface area contributed by atoms with Crippen LogP contribution in [0, 0.1) is 13.8 Å². The summed E-state index contributed by atoms with van der Waals surface area (Å²) < 4.78 is 10.6. The van der Waals surface area contributed by atoms with Gasteiger partial charge in [-0.2, -0.15) is 0 Å². The molecule has 2 unspecified atom stereocenters. The minimum Gasteiger partial charge on any atom is -0.490 e. The van der Waals surface area contributed by atoms with Gasteiger partial charge in [0.25, 0.3) is 0 Å². The Bertz CT molecular complexity index is 505. The Morgan fingerprint density at radius 1 is 1.24 bits per heavy atom. The lowest BCUT2D eigenvalue weighted by Crippen LogP contribution is -2.36. The maximum Gasteiger partial charge on any atom is 0.324 e. The van der Waals surface area contributed by atoms with Gasteiger partial charge in [-0.1, -0.05) is 12.1 Å². The number of ether oxygens (including phenoxy) is 2. The first-order valence-corrected chi connectivity index (χ1v) is 7.29. The molecule has 2 atom stereocenters. The van der Waals surface area contributed by atoms with Crippen molar-refractivity contribution in [2.45, 2.75) is 52.3 Å². The monoisotopic (exact) mass is 292 g/mol. The van der Waals surface area contributed by atoms with E-state index in [1.807, 2.05) is 27.7 Å². The van der Waals surface area contributed by atoms with Gasteiger partial charge in [0.05, 0.1) is 13.2 Å². The first kappa shape index (κ1) is 15.8. The molecule has 0 saturated carbocycles. The number of esters is 1. The number of rotatable bonds is 4. The van der Waals surface area contributed by atoms with Crippen molar-refractivity contribution in [1.29, 1.82) is 0 Å². The third kappa shape index (κ3) is 3.54. The number of aryl methyl sites for hydroxylation is 2. The first-order chi connectivity index (χ1) is 9.92. The van der Waals surface area contributed by atoms with Gasteiger partial charge in [0.15, 0.2) is 0 Å². The Labute approximate surface area is 126 Å². The Morgan fingerprint density at radius 3 is 2.38 bits per heavy atom. The molecule has 1 saturated heterocycles. The quantitative estimate of drug-likeness (QED) is 0.833. The van der Waals surface area contributed by atoms with Crippen LogP contribution in [0.5, 0.6) is 5.75 Å². The van der Waals surface area contributed by atoms with E-state index in [-0.39, 0.29) is 24.2 Å². The van der Waals surface area contributed by atoms with E-state index in [2.05, 4.69) is 23.0 Å². The van der Waals surface area contributed by atoms with Gasteiger partial charge in [0, 0.05) is 6.04 Å². The Kier molecular flexibility index (Phi) is 4.85. The lowest BCUT2D eigenvalue weighted by Gasteiger charge is -2.18. The summed E-state index contributed by atoms with van der Waals surface area (Å²) >= 11 is 0. The predicted octanol–water partition coefficient (Wildman–Crippen LogP) is 2.17. The van der Waals surface area contributed by atoms with Crippen LogP contribution in [0.15, 0.2) is 12.1 Å². The van der Waals surface area contributed by atoms with Crippen molar-refractivity contribution in [3.8, 4) is 5.75 Å². The molecule has 0 amide bonds. The van der Waals surface area contributed by atoms with Crippen molar-refractivity contribution in [2.75, 3.05) is 7.11 Å². The molecule has 1 aromatic carbocycles. The summed E-state index contributed by atoms with van der Waals surface area (Å²) in [6.45, 7) is 8.15. The number of benzene rings is 1. The number of hydrogen-bond acceptors (Lipinski definition) is 5. The molecular weight excluding hydrogens is 268 g/mol. The third-order valence-corrected chi connectivity index (χ3v) is 3.63. The van der Waals surface area contributed by atoms with Crippen LogP contribution in [0.3, 0.4) is 0 Å². The van der Waals surface area contributed by atoms with Crippen molar-refractivity contribution < 1.29 is 14.3 Å². The van der Waals surface area contributed by atoms with Gasteiger partial charge in [-0.05, 0) is 50.8 Å². The fraction of sp³-hybridized carbons (Fsp3) is 0.562. The van der Waals surface area contributed by atoms with E-state index in [0.29, 0.717) is 6.42 Å². The van der Waals surface area contributed by atoms with Crippen LogP contribution in [-0.2, 0) is 9.53 Å². The van der Waals surface area contributed by atoms with E-state index in [1.165, 1.54) is 7.11 Å². The van der Waals surface area contributed by atoms with E-state index in [1.54, 1.807) is 0 Å². The molecule has 5 heteroatoms. The highest BCUT2D eigenvalue weighted by Crippen LogP contribution is 2.31. The van der Waals surface area contributed by atoms with Gasteiger partial charge in [-0.25, -0.2) is 10.9 Å². The summed E-state index contributed by atoms with van der Waals surface area (Å²) in [6.07, 6.45) is 0.832. The highest BCUT2D eigenvalue weighted by Gasteiger charge is 2.31. The van der Waals surface area contributed by atoms with Crippen LogP contribution in [-0.4, -0.2) is 25.2 Å². The second-order valence-corrected chi connectivity index (χ2v) is 5.80. The molecule has 0 spiro atoms. The molecule has 1 heterocycles.